The molecule has 128 valence electrons. The molecule has 1 aromatic carbocycles. The predicted octanol–water partition coefficient (Wildman–Crippen LogP) is 2.27. The number of hydrogen-bond donors (Lipinski definition) is 0. The molecule has 0 atom stereocenters. The summed E-state index contributed by atoms with van der Waals surface area (Å²) < 4.78 is 15.7. The number of hydrogen-bond acceptors (Lipinski definition) is 5. The van der Waals surface area contributed by atoms with Crippen LogP contribution in [0.4, 0.5) is 0 Å². The highest BCUT2D eigenvalue weighted by Gasteiger charge is 2.14. The maximum atomic E-state index is 12.1. The van der Waals surface area contributed by atoms with E-state index in [0.717, 1.165) is 5.75 Å². The van der Waals surface area contributed by atoms with Crippen LogP contribution in [0, 0.1) is 0 Å². The summed E-state index contributed by atoms with van der Waals surface area (Å²) in [6.07, 6.45) is 0.191. The minimum atomic E-state index is -0.300. The minimum absolute atomic E-state index is 0.0648. The first-order valence-electron chi connectivity index (χ1n) is 7.89. The van der Waals surface area contributed by atoms with Gasteiger partial charge in [-0.15, -0.1) is 0 Å². The quantitative estimate of drug-likeness (QED) is 0.618. The second kappa shape index (κ2) is 10.5. The maximum absolute atomic E-state index is 12.1. The van der Waals surface area contributed by atoms with E-state index >= 15 is 0 Å². The Morgan fingerprint density at radius 3 is 2.09 bits per heavy atom. The number of rotatable bonds is 10. The standard InChI is InChI=1S/C17H25NO5/c1-4-18(12-11-17(20)22-6-3)16(19)13-23-15-9-7-14(8-10-15)21-5-2/h7-10H,4-6,11-13H2,1-3H3. The number of nitrogens with zero attached hydrogens (tertiary/aromatic N) is 1. The molecule has 0 saturated carbocycles. The monoisotopic (exact) mass is 323 g/mol. The van der Waals surface area contributed by atoms with Gasteiger partial charge >= 0.3 is 5.97 Å². The molecule has 0 aliphatic rings. The molecule has 0 fully saturated rings. The van der Waals surface area contributed by atoms with Crippen LogP contribution < -0.4 is 9.47 Å². The molecular formula is C17H25NO5. The molecule has 1 aromatic rings. The van der Waals surface area contributed by atoms with E-state index in [1.165, 1.54) is 0 Å². The van der Waals surface area contributed by atoms with Gasteiger partial charge in [-0.2, -0.15) is 0 Å². The van der Waals surface area contributed by atoms with Crippen molar-refractivity contribution in [2.24, 2.45) is 0 Å². The maximum Gasteiger partial charge on any atom is 0.307 e. The van der Waals surface area contributed by atoms with Gasteiger partial charge < -0.3 is 19.1 Å². The van der Waals surface area contributed by atoms with Crippen LogP contribution in [0.3, 0.4) is 0 Å². The van der Waals surface area contributed by atoms with Gasteiger partial charge in [0.25, 0.3) is 5.91 Å². The number of benzene rings is 1. The lowest BCUT2D eigenvalue weighted by atomic mass is 10.3. The van der Waals surface area contributed by atoms with Crippen LogP contribution in [0.15, 0.2) is 24.3 Å². The SMILES string of the molecule is CCOC(=O)CCN(CC)C(=O)COc1ccc(OCC)cc1. The van der Waals surface area contributed by atoms with E-state index in [-0.39, 0.29) is 24.9 Å². The Morgan fingerprint density at radius 1 is 0.957 bits per heavy atom. The van der Waals surface area contributed by atoms with Gasteiger partial charge in [0.1, 0.15) is 11.5 Å². The smallest absolute Gasteiger partial charge is 0.307 e. The highest BCUT2D eigenvalue weighted by molar-refractivity contribution is 5.78. The molecule has 0 aromatic heterocycles. The van der Waals surface area contributed by atoms with E-state index in [4.69, 9.17) is 14.2 Å². The number of carbonyl (C=O) groups excluding carboxylic acids is 2. The van der Waals surface area contributed by atoms with E-state index in [2.05, 4.69) is 0 Å². The van der Waals surface area contributed by atoms with Crippen LogP contribution in [0.1, 0.15) is 27.2 Å². The number of carbonyl (C=O) groups is 2. The summed E-state index contributed by atoms with van der Waals surface area (Å²) in [5.41, 5.74) is 0. The Morgan fingerprint density at radius 2 is 1.57 bits per heavy atom. The minimum Gasteiger partial charge on any atom is -0.494 e. The molecule has 6 heteroatoms. The van der Waals surface area contributed by atoms with E-state index in [9.17, 15) is 9.59 Å². The van der Waals surface area contributed by atoms with Gasteiger partial charge in [0.15, 0.2) is 6.61 Å². The number of esters is 1. The first kappa shape index (κ1) is 18.8. The second-order valence-corrected chi connectivity index (χ2v) is 4.72. The summed E-state index contributed by atoms with van der Waals surface area (Å²) in [6, 6.07) is 7.10. The van der Waals surface area contributed by atoms with Crippen molar-refractivity contribution in [1.82, 2.24) is 4.90 Å². The van der Waals surface area contributed by atoms with Crippen LogP contribution in [0.25, 0.3) is 0 Å². The zero-order valence-corrected chi connectivity index (χ0v) is 14.0. The van der Waals surface area contributed by atoms with Crippen molar-refractivity contribution in [3.05, 3.63) is 24.3 Å². The first-order chi connectivity index (χ1) is 11.1. The summed E-state index contributed by atoms with van der Waals surface area (Å²) in [7, 11) is 0. The number of likely N-dealkylation sites (N-methyl/N-ethyl adjacent to an activating group) is 1. The van der Waals surface area contributed by atoms with Crippen molar-refractivity contribution < 1.29 is 23.8 Å². The lowest BCUT2D eigenvalue weighted by molar-refractivity contribution is -0.144. The van der Waals surface area contributed by atoms with E-state index in [1.54, 1.807) is 36.1 Å². The van der Waals surface area contributed by atoms with Gasteiger partial charge in [-0.05, 0) is 45.0 Å². The van der Waals surface area contributed by atoms with Crippen molar-refractivity contribution in [2.75, 3.05) is 32.9 Å². The second-order valence-electron chi connectivity index (χ2n) is 4.72. The third-order valence-corrected chi connectivity index (χ3v) is 3.12. The largest absolute Gasteiger partial charge is 0.494 e. The molecule has 0 spiro atoms. The molecule has 6 nitrogen and oxygen atoms in total. The molecular weight excluding hydrogens is 298 g/mol. The molecule has 0 unspecified atom stereocenters. The highest BCUT2D eigenvalue weighted by atomic mass is 16.5. The van der Waals surface area contributed by atoms with Crippen LogP contribution in [0.2, 0.25) is 0 Å². The molecule has 0 bridgehead atoms. The van der Waals surface area contributed by atoms with Crippen LogP contribution >= 0.6 is 0 Å². The summed E-state index contributed by atoms with van der Waals surface area (Å²) in [4.78, 5) is 25.0. The third-order valence-electron chi connectivity index (χ3n) is 3.12. The topological polar surface area (TPSA) is 65.1 Å². The van der Waals surface area contributed by atoms with Crippen molar-refractivity contribution in [1.29, 1.82) is 0 Å². The van der Waals surface area contributed by atoms with Crippen LogP contribution in [0.5, 0.6) is 11.5 Å². The fourth-order valence-corrected chi connectivity index (χ4v) is 1.95. The molecule has 0 saturated heterocycles. The molecule has 1 amide bonds. The first-order valence-corrected chi connectivity index (χ1v) is 7.89. The highest BCUT2D eigenvalue weighted by Crippen LogP contribution is 2.17. The summed E-state index contributed by atoms with van der Waals surface area (Å²) >= 11 is 0. The Bertz CT molecular complexity index is 486. The van der Waals surface area contributed by atoms with Gasteiger partial charge in [0, 0.05) is 13.1 Å². The zero-order valence-electron chi connectivity index (χ0n) is 14.0. The van der Waals surface area contributed by atoms with E-state index < -0.39 is 0 Å². The molecule has 0 aliphatic carbocycles. The predicted molar refractivity (Wildman–Crippen MR) is 86.6 cm³/mol. The summed E-state index contributed by atoms with van der Waals surface area (Å²) in [6.45, 7) is 7.27. The Hall–Kier alpha value is -2.24. The fourth-order valence-electron chi connectivity index (χ4n) is 1.95. The van der Waals surface area contributed by atoms with E-state index in [0.29, 0.717) is 32.1 Å². The average Bonchev–Trinajstić information content (AvgIpc) is 2.55. The summed E-state index contributed by atoms with van der Waals surface area (Å²) in [5, 5.41) is 0. The fraction of sp³-hybridized carbons (Fsp3) is 0.529. The third kappa shape index (κ3) is 7.04. The molecule has 1 rings (SSSR count). The lowest BCUT2D eigenvalue weighted by Crippen LogP contribution is -2.36. The van der Waals surface area contributed by atoms with E-state index in [1.807, 2.05) is 13.8 Å². The Balaban J connectivity index is 2.41. The average molecular weight is 323 g/mol. The van der Waals surface area contributed by atoms with Gasteiger partial charge in [0.05, 0.1) is 19.6 Å². The lowest BCUT2D eigenvalue weighted by Gasteiger charge is -2.20. The zero-order chi connectivity index (χ0) is 17.1. The summed E-state index contributed by atoms with van der Waals surface area (Å²) in [5.74, 6) is 0.899. The molecule has 0 radical (unpaired) electrons. The molecule has 0 N–H and O–H groups in total. The van der Waals surface area contributed by atoms with Gasteiger partial charge in [-0.3, -0.25) is 9.59 Å². The molecule has 23 heavy (non-hydrogen) atoms. The number of ether oxygens (including phenoxy) is 3. The van der Waals surface area contributed by atoms with Crippen molar-refractivity contribution in [2.45, 2.75) is 27.2 Å². The van der Waals surface area contributed by atoms with Crippen molar-refractivity contribution in [3.63, 3.8) is 0 Å². The Labute approximate surface area is 137 Å². The molecule has 0 aliphatic heterocycles. The Kier molecular flexibility index (Phi) is 8.57. The van der Waals surface area contributed by atoms with Gasteiger partial charge in [-0.1, -0.05) is 0 Å². The van der Waals surface area contributed by atoms with Crippen LogP contribution in [-0.4, -0.2) is 49.7 Å². The normalized spacial score (nSPS) is 10.0. The van der Waals surface area contributed by atoms with Crippen molar-refractivity contribution in [3.8, 4) is 11.5 Å². The van der Waals surface area contributed by atoms with Crippen molar-refractivity contribution >= 4 is 11.9 Å². The van der Waals surface area contributed by atoms with Crippen LogP contribution in [-0.2, 0) is 14.3 Å². The number of amides is 1. The van der Waals surface area contributed by atoms with Gasteiger partial charge in [-0.25, -0.2) is 0 Å². The van der Waals surface area contributed by atoms with Gasteiger partial charge in [0.2, 0.25) is 0 Å². The molecule has 0 heterocycles.